The molecule has 3 aromatic rings. The van der Waals surface area contributed by atoms with Crippen molar-refractivity contribution in [1.29, 1.82) is 0 Å². The number of hydrogen-bond acceptors (Lipinski definition) is 4. The van der Waals surface area contributed by atoms with Gasteiger partial charge >= 0.3 is 0 Å². The molecule has 0 radical (unpaired) electrons. The SMILES string of the molecule is COc1ccc(N[C@H](CS(=O)c2ccc(C)cc2)c2ccc(OC)cc2)cc1. The second kappa shape index (κ2) is 9.42. The molecule has 3 aromatic carbocycles. The van der Waals surface area contributed by atoms with Crippen LogP contribution in [0.4, 0.5) is 5.69 Å². The zero-order chi connectivity index (χ0) is 19.9. The van der Waals surface area contributed by atoms with Crippen molar-refractivity contribution in [3.63, 3.8) is 0 Å². The van der Waals surface area contributed by atoms with E-state index in [1.165, 1.54) is 0 Å². The van der Waals surface area contributed by atoms with E-state index in [9.17, 15) is 4.21 Å². The fourth-order valence-electron chi connectivity index (χ4n) is 2.88. The van der Waals surface area contributed by atoms with Gasteiger partial charge in [-0.15, -0.1) is 0 Å². The second-order valence-corrected chi connectivity index (χ2v) is 8.02. The number of methoxy groups -OCH3 is 2. The summed E-state index contributed by atoms with van der Waals surface area (Å²) in [6, 6.07) is 23.3. The van der Waals surface area contributed by atoms with E-state index in [1.54, 1.807) is 14.2 Å². The molecule has 146 valence electrons. The highest BCUT2D eigenvalue weighted by atomic mass is 32.2. The van der Waals surface area contributed by atoms with Crippen molar-refractivity contribution in [3.05, 3.63) is 83.9 Å². The van der Waals surface area contributed by atoms with Crippen LogP contribution in [-0.2, 0) is 10.8 Å². The number of benzene rings is 3. The Balaban J connectivity index is 1.83. The topological polar surface area (TPSA) is 47.6 Å². The summed E-state index contributed by atoms with van der Waals surface area (Å²) in [5.74, 6) is 2.06. The van der Waals surface area contributed by atoms with Gasteiger partial charge in [0.1, 0.15) is 11.5 Å². The molecule has 0 spiro atoms. The molecule has 28 heavy (non-hydrogen) atoms. The molecule has 5 heteroatoms. The van der Waals surface area contributed by atoms with Gasteiger partial charge in [0.25, 0.3) is 0 Å². The minimum atomic E-state index is -1.13. The van der Waals surface area contributed by atoms with Crippen molar-refractivity contribution < 1.29 is 13.7 Å². The van der Waals surface area contributed by atoms with Crippen LogP contribution < -0.4 is 14.8 Å². The summed E-state index contributed by atoms with van der Waals surface area (Å²) >= 11 is 0. The first-order valence-corrected chi connectivity index (χ1v) is 10.4. The summed E-state index contributed by atoms with van der Waals surface area (Å²) in [6.45, 7) is 2.03. The van der Waals surface area contributed by atoms with E-state index in [1.807, 2.05) is 79.7 Å². The molecule has 0 saturated heterocycles. The van der Waals surface area contributed by atoms with E-state index in [2.05, 4.69) is 5.32 Å². The van der Waals surface area contributed by atoms with Crippen LogP contribution >= 0.6 is 0 Å². The van der Waals surface area contributed by atoms with Crippen LogP contribution in [0.2, 0.25) is 0 Å². The number of anilines is 1. The maximum absolute atomic E-state index is 13.0. The van der Waals surface area contributed by atoms with E-state index in [-0.39, 0.29) is 6.04 Å². The highest BCUT2D eigenvalue weighted by molar-refractivity contribution is 7.85. The molecule has 1 N–H and O–H groups in total. The van der Waals surface area contributed by atoms with E-state index in [4.69, 9.17) is 9.47 Å². The summed E-state index contributed by atoms with van der Waals surface area (Å²) in [5, 5.41) is 3.51. The van der Waals surface area contributed by atoms with E-state index in [0.29, 0.717) is 5.75 Å². The molecule has 0 heterocycles. The van der Waals surface area contributed by atoms with Crippen molar-refractivity contribution in [2.24, 2.45) is 0 Å². The fourth-order valence-corrected chi connectivity index (χ4v) is 4.09. The Kier molecular flexibility index (Phi) is 6.71. The minimum absolute atomic E-state index is 0.110. The Labute approximate surface area is 169 Å². The Morgan fingerprint density at radius 3 is 1.89 bits per heavy atom. The third-order valence-electron chi connectivity index (χ3n) is 4.55. The van der Waals surface area contributed by atoms with Crippen molar-refractivity contribution in [3.8, 4) is 11.5 Å². The van der Waals surface area contributed by atoms with Crippen LogP contribution in [0.3, 0.4) is 0 Å². The molecule has 0 amide bonds. The van der Waals surface area contributed by atoms with Crippen molar-refractivity contribution >= 4 is 16.5 Å². The largest absolute Gasteiger partial charge is 0.497 e. The molecule has 0 saturated carbocycles. The van der Waals surface area contributed by atoms with E-state index >= 15 is 0 Å². The van der Waals surface area contributed by atoms with Gasteiger partial charge in [-0.25, -0.2) is 0 Å². The van der Waals surface area contributed by atoms with Crippen molar-refractivity contribution in [2.75, 3.05) is 25.3 Å². The molecule has 0 aromatic heterocycles. The normalized spacial score (nSPS) is 12.8. The maximum atomic E-state index is 13.0. The molecule has 0 aliphatic rings. The van der Waals surface area contributed by atoms with E-state index in [0.717, 1.165) is 33.2 Å². The van der Waals surface area contributed by atoms with Gasteiger partial charge in [0.2, 0.25) is 0 Å². The monoisotopic (exact) mass is 395 g/mol. The first kappa shape index (κ1) is 20.0. The third-order valence-corrected chi connectivity index (χ3v) is 5.99. The summed E-state index contributed by atoms with van der Waals surface area (Å²) in [4.78, 5) is 0.834. The number of nitrogens with one attached hydrogen (secondary N) is 1. The lowest BCUT2D eigenvalue weighted by atomic mass is 10.1. The highest BCUT2D eigenvalue weighted by Crippen LogP contribution is 2.26. The van der Waals surface area contributed by atoms with Crippen LogP contribution in [0.25, 0.3) is 0 Å². The van der Waals surface area contributed by atoms with Gasteiger partial charge in [0, 0.05) is 10.6 Å². The molecule has 0 aliphatic carbocycles. The summed E-state index contributed by atoms with van der Waals surface area (Å²) < 4.78 is 23.5. The molecule has 4 nitrogen and oxygen atoms in total. The Morgan fingerprint density at radius 2 is 1.36 bits per heavy atom. The quantitative estimate of drug-likeness (QED) is 0.585. The predicted molar refractivity (Wildman–Crippen MR) is 115 cm³/mol. The molecule has 1 unspecified atom stereocenters. The molecule has 0 aliphatic heterocycles. The van der Waals surface area contributed by atoms with Crippen LogP contribution in [-0.4, -0.2) is 24.2 Å². The summed E-state index contributed by atoms with van der Waals surface area (Å²) in [6.07, 6.45) is 0. The number of rotatable bonds is 8. The van der Waals surface area contributed by atoms with Crippen molar-refractivity contribution in [1.82, 2.24) is 0 Å². The average Bonchev–Trinajstić information content (AvgIpc) is 2.74. The summed E-state index contributed by atoms with van der Waals surface area (Å²) in [7, 11) is 2.17. The Hall–Kier alpha value is -2.79. The maximum Gasteiger partial charge on any atom is 0.119 e. The smallest absolute Gasteiger partial charge is 0.119 e. The number of aryl methyl sites for hydroxylation is 1. The Bertz CT molecular complexity index is 906. The van der Waals surface area contributed by atoms with Gasteiger partial charge in [0.05, 0.1) is 36.8 Å². The van der Waals surface area contributed by atoms with Gasteiger partial charge in [-0.2, -0.15) is 0 Å². The van der Waals surface area contributed by atoms with Gasteiger partial charge in [-0.1, -0.05) is 29.8 Å². The first-order chi connectivity index (χ1) is 13.6. The predicted octanol–water partition coefficient (Wildman–Crippen LogP) is 4.97. The van der Waals surface area contributed by atoms with Gasteiger partial charge in [-0.3, -0.25) is 4.21 Å². The average molecular weight is 396 g/mol. The molecular weight excluding hydrogens is 370 g/mol. The molecule has 3 rings (SSSR count). The highest BCUT2D eigenvalue weighted by Gasteiger charge is 2.17. The molecule has 2 atom stereocenters. The lowest BCUT2D eigenvalue weighted by Crippen LogP contribution is -2.18. The molecule has 0 fully saturated rings. The third kappa shape index (κ3) is 5.14. The van der Waals surface area contributed by atoms with Crippen LogP contribution in [0.1, 0.15) is 17.2 Å². The van der Waals surface area contributed by atoms with Crippen LogP contribution in [0, 0.1) is 6.92 Å². The summed E-state index contributed by atoms with van der Waals surface area (Å²) in [5.41, 5.74) is 3.16. The second-order valence-electron chi connectivity index (χ2n) is 6.52. The zero-order valence-corrected chi connectivity index (χ0v) is 17.2. The van der Waals surface area contributed by atoms with Gasteiger partial charge in [-0.05, 0) is 61.0 Å². The van der Waals surface area contributed by atoms with E-state index < -0.39 is 10.8 Å². The van der Waals surface area contributed by atoms with Crippen molar-refractivity contribution in [2.45, 2.75) is 17.9 Å². The van der Waals surface area contributed by atoms with Crippen LogP contribution in [0.15, 0.2) is 77.7 Å². The fraction of sp³-hybridized carbons (Fsp3) is 0.217. The Morgan fingerprint density at radius 1 is 0.821 bits per heavy atom. The minimum Gasteiger partial charge on any atom is -0.497 e. The molecule has 0 bridgehead atoms. The number of ether oxygens (including phenoxy) is 2. The zero-order valence-electron chi connectivity index (χ0n) is 16.3. The standard InChI is InChI=1S/C23H25NO3S/c1-17-4-14-22(15-5-17)28(25)16-23(18-6-10-20(26-2)11-7-18)24-19-8-12-21(27-3)13-9-19/h4-15,23-24H,16H2,1-3H3/t23-,28?/m1/s1. The first-order valence-electron chi connectivity index (χ1n) is 9.08. The lowest BCUT2D eigenvalue weighted by molar-refractivity contribution is 0.414. The van der Waals surface area contributed by atoms with Gasteiger partial charge in [0.15, 0.2) is 0 Å². The number of hydrogen-bond donors (Lipinski definition) is 1. The van der Waals surface area contributed by atoms with Gasteiger partial charge < -0.3 is 14.8 Å². The molecular formula is C23H25NO3S. The van der Waals surface area contributed by atoms with Crippen LogP contribution in [0.5, 0.6) is 11.5 Å². The lowest BCUT2D eigenvalue weighted by Gasteiger charge is -2.21.